The maximum atomic E-state index is 14.7. The highest BCUT2D eigenvalue weighted by molar-refractivity contribution is 7.10. The molecule has 1 spiro atoms. The molecule has 4 aromatic rings. The zero-order valence-electron chi connectivity index (χ0n) is 31.8. The van der Waals surface area contributed by atoms with Crippen molar-refractivity contribution < 1.29 is 23.9 Å². The molecule has 2 saturated heterocycles. The van der Waals surface area contributed by atoms with Crippen LogP contribution >= 0.6 is 11.3 Å². The first-order chi connectivity index (χ1) is 26.4. The van der Waals surface area contributed by atoms with Crippen LogP contribution in [0.1, 0.15) is 69.3 Å². The van der Waals surface area contributed by atoms with Crippen LogP contribution in [0, 0.1) is 34.0 Å². The van der Waals surface area contributed by atoms with Crippen molar-refractivity contribution >= 4 is 49.5 Å². The van der Waals surface area contributed by atoms with Gasteiger partial charge in [-0.05, 0) is 74.9 Å². The molecule has 1 aromatic carbocycles. The number of pyridine rings is 1. The molecule has 2 aliphatic carbocycles. The molecule has 284 valence electrons. The zero-order valence-corrected chi connectivity index (χ0v) is 33.6. The monoisotopic (exact) mass is 775 g/mol. The van der Waals surface area contributed by atoms with Crippen molar-refractivity contribution in [1.82, 2.24) is 30.3 Å². The Morgan fingerprint density at radius 2 is 2.11 bits per heavy atom. The molecular formula is C41H45N7O5SSi. The van der Waals surface area contributed by atoms with E-state index in [1.165, 1.54) is 11.3 Å². The number of thiazole rings is 1. The van der Waals surface area contributed by atoms with E-state index < -0.39 is 22.0 Å². The molecule has 5 aliphatic rings. The fourth-order valence-corrected chi connectivity index (χ4v) is 12.0. The Morgan fingerprint density at radius 1 is 1.27 bits per heavy atom. The molecule has 4 fully saturated rings. The standard InChI is InChI=1S/C41H45N7O5SSi/c1-6-47-31-12-11-23-15-27(31)28(34(47)25-9-7-13-43-33(25)22(2)52-5)17-39(3,4)21-53-36(50)29-10-8-14-48(46-29)38(51)40(18-32-44-30(23)20-54-32)37-41(40,55-37)45-35(49)26-16-24(26)19-42/h7,9,11-13,15,20,22,24,26,29,37,46H,6,8,10,14,16-18,21H2,1-5H3,(H,45,49)/t22-,24-,26+,29-,37?,40?,41?/m0/s1. The predicted molar refractivity (Wildman–Crippen MR) is 207 cm³/mol. The molecule has 2 amide bonds. The molecule has 14 heteroatoms. The molecule has 6 bridgehead atoms. The second kappa shape index (κ2) is 13.1. The fraction of sp³-hybridized carbons (Fsp3) is 0.512. The van der Waals surface area contributed by atoms with Crippen molar-refractivity contribution in [3.63, 3.8) is 0 Å². The minimum Gasteiger partial charge on any atom is -0.464 e. The van der Waals surface area contributed by atoms with Crippen LogP contribution in [-0.2, 0) is 43.2 Å². The first-order valence-corrected chi connectivity index (χ1v) is 21.2. The average Bonchev–Trinajstić information content (AvgIpc) is 4.14. The third-order valence-electron chi connectivity index (χ3n) is 12.4. The molecule has 2 N–H and O–H groups in total. The van der Waals surface area contributed by atoms with Gasteiger partial charge in [-0.3, -0.25) is 24.4 Å². The second-order valence-corrected chi connectivity index (χ2v) is 19.2. The number of nitrogens with zero attached hydrogens (tertiary/aromatic N) is 5. The first kappa shape index (κ1) is 36.2. The summed E-state index contributed by atoms with van der Waals surface area (Å²) < 4.78 is 14.2. The van der Waals surface area contributed by atoms with Crippen LogP contribution in [-0.4, -0.2) is 78.3 Å². The predicted octanol–water partition coefficient (Wildman–Crippen LogP) is 5.20. The van der Waals surface area contributed by atoms with Gasteiger partial charge in [-0.25, -0.2) is 10.4 Å². The lowest BCUT2D eigenvalue weighted by Gasteiger charge is -2.38. The highest BCUT2D eigenvalue weighted by Crippen LogP contribution is 2.81. The van der Waals surface area contributed by atoms with Crippen molar-refractivity contribution in [2.24, 2.45) is 22.7 Å². The number of hydrazine groups is 1. The van der Waals surface area contributed by atoms with Crippen molar-refractivity contribution in [3.8, 4) is 28.6 Å². The van der Waals surface area contributed by atoms with E-state index in [1.54, 1.807) is 18.3 Å². The first-order valence-electron chi connectivity index (χ1n) is 19.3. The highest BCUT2D eigenvalue weighted by Gasteiger charge is 2.93. The maximum Gasteiger partial charge on any atom is 0.324 e. The van der Waals surface area contributed by atoms with Gasteiger partial charge in [-0.15, -0.1) is 11.3 Å². The lowest BCUT2D eigenvalue weighted by molar-refractivity contribution is -0.156. The van der Waals surface area contributed by atoms with Gasteiger partial charge in [0.15, 0.2) is 0 Å². The Balaban J connectivity index is 1.16. The number of hydrogen-bond acceptors (Lipinski definition) is 10. The molecule has 12 nitrogen and oxygen atoms in total. The van der Waals surface area contributed by atoms with Gasteiger partial charge in [0.2, 0.25) is 11.8 Å². The quantitative estimate of drug-likeness (QED) is 0.199. The van der Waals surface area contributed by atoms with Crippen LogP contribution in [0.2, 0.25) is 5.54 Å². The Morgan fingerprint density at radius 3 is 2.85 bits per heavy atom. The van der Waals surface area contributed by atoms with Crippen LogP contribution in [0.3, 0.4) is 0 Å². The molecule has 6 heterocycles. The third kappa shape index (κ3) is 5.76. The highest BCUT2D eigenvalue weighted by atomic mass is 32.1. The number of aryl methyl sites for hydroxylation is 1. The smallest absolute Gasteiger partial charge is 0.324 e. The van der Waals surface area contributed by atoms with E-state index in [1.807, 2.05) is 13.0 Å². The van der Waals surface area contributed by atoms with Crippen LogP contribution in [0.5, 0.6) is 0 Å². The van der Waals surface area contributed by atoms with Crippen LogP contribution in [0.15, 0.2) is 41.9 Å². The Hall–Kier alpha value is -4.42. The number of nitriles is 1. The summed E-state index contributed by atoms with van der Waals surface area (Å²) in [4.78, 5) is 51.7. The number of carbonyl (C=O) groups is 3. The lowest BCUT2D eigenvalue weighted by atomic mass is 9.84. The number of hydrogen-bond donors (Lipinski definition) is 2. The summed E-state index contributed by atoms with van der Waals surface area (Å²) in [5.41, 5.74) is 8.91. The molecule has 2 radical (unpaired) electrons. The molecule has 3 unspecified atom stereocenters. The Labute approximate surface area is 326 Å². The Kier molecular flexibility index (Phi) is 8.62. The van der Waals surface area contributed by atoms with E-state index in [9.17, 15) is 19.6 Å². The summed E-state index contributed by atoms with van der Waals surface area (Å²) in [5.74, 6) is -1.22. The number of nitrogens with one attached hydrogen (secondary N) is 2. The topological polar surface area (TPSA) is 151 Å². The summed E-state index contributed by atoms with van der Waals surface area (Å²) in [6.45, 7) is 9.78. The number of methoxy groups -OCH3 is 1. The number of ether oxygens (including phenoxy) is 2. The van der Waals surface area contributed by atoms with Crippen molar-refractivity contribution in [3.05, 3.63) is 58.2 Å². The zero-order chi connectivity index (χ0) is 38.4. The van der Waals surface area contributed by atoms with E-state index in [-0.39, 0.29) is 47.9 Å². The number of carbonyl (C=O) groups excluding carboxylic acids is 3. The minimum absolute atomic E-state index is 0.00654. The molecule has 55 heavy (non-hydrogen) atoms. The van der Waals surface area contributed by atoms with E-state index in [2.05, 4.69) is 71.8 Å². The summed E-state index contributed by atoms with van der Waals surface area (Å²) in [7, 11) is 2.11. The van der Waals surface area contributed by atoms with E-state index in [4.69, 9.17) is 19.4 Å². The van der Waals surface area contributed by atoms with Gasteiger partial charge in [-0.1, -0.05) is 19.9 Å². The van der Waals surface area contributed by atoms with Crippen molar-refractivity contribution in [2.45, 2.75) is 89.2 Å². The molecule has 3 aromatic heterocycles. The number of benzene rings is 1. The van der Waals surface area contributed by atoms with Gasteiger partial charge in [0, 0.05) is 70.8 Å². The second-order valence-electron chi connectivity index (χ2n) is 16.6. The third-order valence-corrected chi connectivity index (χ3v) is 15.5. The largest absolute Gasteiger partial charge is 0.464 e. The average molecular weight is 776 g/mol. The maximum absolute atomic E-state index is 14.7. The number of amides is 2. The normalized spacial score (nSPS) is 29.9. The summed E-state index contributed by atoms with van der Waals surface area (Å²) >= 11 is 1.53. The van der Waals surface area contributed by atoms with Crippen LogP contribution < -0.4 is 10.7 Å². The van der Waals surface area contributed by atoms with Crippen LogP contribution in [0.25, 0.3) is 33.4 Å². The number of rotatable bonds is 6. The molecule has 9 rings (SSSR count). The van der Waals surface area contributed by atoms with Gasteiger partial charge in [-0.2, -0.15) is 5.26 Å². The summed E-state index contributed by atoms with van der Waals surface area (Å²) in [6.07, 6.45) is 4.34. The molecule has 7 atom stereocenters. The molecular weight excluding hydrogens is 731 g/mol. The van der Waals surface area contributed by atoms with Gasteiger partial charge >= 0.3 is 5.97 Å². The van der Waals surface area contributed by atoms with Gasteiger partial charge in [0.1, 0.15) is 6.04 Å². The minimum atomic E-state index is -0.870. The van der Waals surface area contributed by atoms with Gasteiger partial charge in [0.05, 0.1) is 67.6 Å². The van der Waals surface area contributed by atoms with Gasteiger partial charge in [0.25, 0.3) is 0 Å². The van der Waals surface area contributed by atoms with E-state index in [0.717, 1.165) is 56.2 Å². The van der Waals surface area contributed by atoms with Gasteiger partial charge < -0.3 is 19.4 Å². The number of fused-ring (bicyclic) bond motifs is 9. The fourth-order valence-electron chi connectivity index (χ4n) is 9.09. The van der Waals surface area contributed by atoms with E-state index >= 15 is 0 Å². The van der Waals surface area contributed by atoms with Crippen molar-refractivity contribution in [1.29, 1.82) is 5.26 Å². The molecule has 2 saturated carbocycles. The number of aromatic nitrogens is 3. The van der Waals surface area contributed by atoms with Crippen LogP contribution in [0.4, 0.5) is 0 Å². The SMILES string of the molecule is CCn1c(-c2cccnc2[C@H](C)OC)c2c3cc(ccc31)-c1csc(n1)CC1(C(=O)N3CCC[C@H](N3)C(=O)OCC(C)(C)C2)C2[Si]C21NC(=O)[C@@H]1C[C@H]1C#N. The lowest BCUT2D eigenvalue weighted by Crippen LogP contribution is -2.60. The van der Waals surface area contributed by atoms with E-state index in [0.29, 0.717) is 48.2 Å². The summed E-state index contributed by atoms with van der Waals surface area (Å²) in [5, 5.41) is 17.6. The van der Waals surface area contributed by atoms with Crippen molar-refractivity contribution in [2.75, 3.05) is 20.3 Å². The Bertz CT molecular complexity index is 2300. The number of esters is 1. The number of cyclic esters (lactones) is 1. The molecule has 3 aliphatic heterocycles. The summed E-state index contributed by atoms with van der Waals surface area (Å²) in [6, 6.07) is 12.1.